The molecule has 0 aliphatic carbocycles. The van der Waals surface area contributed by atoms with Gasteiger partial charge < -0.3 is 5.11 Å². The second kappa shape index (κ2) is 5.85. The van der Waals surface area contributed by atoms with E-state index in [-0.39, 0.29) is 6.42 Å². The first-order valence-electron chi connectivity index (χ1n) is 5.33. The first-order chi connectivity index (χ1) is 7.17. The van der Waals surface area contributed by atoms with E-state index in [0.29, 0.717) is 12.3 Å². The Morgan fingerprint density at radius 2 is 2.20 bits per heavy atom. The van der Waals surface area contributed by atoms with Crippen LogP contribution < -0.4 is 0 Å². The smallest absolute Gasteiger partial charge is 0.303 e. The van der Waals surface area contributed by atoms with Crippen LogP contribution in [0.4, 0.5) is 0 Å². The number of hydrogen-bond donors (Lipinski definition) is 1. The van der Waals surface area contributed by atoms with E-state index in [1.165, 1.54) is 0 Å². The second-order valence-corrected chi connectivity index (χ2v) is 4.72. The van der Waals surface area contributed by atoms with Gasteiger partial charge in [-0.05, 0) is 19.3 Å². The number of carbonyl (C=O) groups is 1. The highest BCUT2D eigenvalue weighted by Gasteiger charge is 2.11. The second-order valence-electron chi connectivity index (χ2n) is 3.57. The van der Waals surface area contributed by atoms with Gasteiger partial charge in [0.2, 0.25) is 0 Å². The van der Waals surface area contributed by atoms with Crippen molar-refractivity contribution < 1.29 is 9.90 Å². The van der Waals surface area contributed by atoms with Crippen LogP contribution >= 0.6 is 11.3 Å². The lowest BCUT2D eigenvalue weighted by atomic mass is 10.1. The highest BCUT2D eigenvalue weighted by atomic mass is 32.1. The van der Waals surface area contributed by atoms with E-state index in [9.17, 15) is 4.79 Å². The van der Waals surface area contributed by atoms with E-state index in [1.807, 2.05) is 6.20 Å². The van der Waals surface area contributed by atoms with Gasteiger partial charge in [-0.25, -0.2) is 4.98 Å². The fourth-order valence-corrected chi connectivity index (χ4v) is 2.68. The van der Waals surface area contributed by atoms with E-state index in [0.717, 1.165) is 22.7 Å². The van der Waals surface area contributed by atoms with Crippen LogP contribution in [0.3, 0.4) is 0 Å². The summed E-state index contributed by atoms with van der Waals surface area (Å²) in [4.78, 5) is 15.9. The molecule has 0 saturated heterocycles. The van der Waals surface area contributed by atoms with Crippen molar-refractivity contribution in [1.29, 1.82) is 0 Å². The zero-order valence-electron chi connectivity index (χ0n) is 9.19. The number of rotatable bonds is 6. The summed E-state index contributed by atoms with van der Waals surface area (Å²) in [7, 11) is 0. The first kappa shape index (κ1) is 12.2. The average Bonchev–Trinajstić information content (AvgIpc) is 2.65. The maximum Gasteiger partial charge on any atom is 0.303 e. The van der Waals surface area contributed by atoms with Crippen LogP contribution in [0.1, 0.15) is 48.9 Å². The largest absolute Gasteiger partial charge is 0.481 e. The maximum atomic E-state index is 10.4. The highest BCUT2D eigenvalue weighted by Crippen LogP contribution is 2.27. The summed E-state index contributed by atoms with van der Waals surface area (Å²) in [5, 5.41) is 9.72. The van der Waals surface area contributed by atoms with Gasteiger partial charge in [-0.3, -0.25) is 4.79 Å². The Bertz CT molecular complexity index is 318. The molecule has 0 atom stereocenters. The lowest BCUT2D eigenvalue weighted by Gasteiger charge is -2.06. The van der Waals surface area contributed by atoms with E-state index in [1.54, 1.807) is 11.3 Å². The number of carboxylic acids is 1. The minimum absolute atomic E-state index is 0.199. The van der Waals surface area contributed by atoms with Gasteiger partial charge in [0.25, 0.3) is 0 Å². The summed E-state index contributed by atoms with van der Waals surface area (Å²) in [5.74, 6) is -0.207. The van der Waals surface area contributed by atoms with Crippen molar-refractivity contribution in [3.63, 3.8) is 0 Å². The van der Waals surface area contributed by atoms with Gasteiger partial charge in [-0.15, -0.1) is 11.3 Å². The summed E-state index contributed by atoms with van der Waals surface area (Å²) < 4.78 is 0. The predicted molar refractivity (Wildman–Crippen MR) is 61.4 cm³/mol. The Kier molecular flexibility index (Phi) is 4.75. The molecule has 1 N–H and O–H groups in total. The molecule has 0 aromatic carbocycles. The molecule has 0 unspecified atom stereocenters. The Balaban J connectivity index is 2.59. The lowest BCUT2D eigenvalue weighted by molar-refractivity contribution is -0.136. The van der Waals surface area contributed by atoms with Gasteiger partial charge in [0, 0.05) is 17.0 Å². The van der Waals surface area contributed by atoms with E-state index < -0.39 is 5.97 Å². The SMILES string of the molecule is CCC(CC)c1ncc(CCC(=O)O)s1. The molecule has 0 amide bonds. The number of hydrogen-bond acceptors (Lipinski definition) is 3. The number of nitrogens with zero attached hydrogens (tertiary/aromatic N) is 1. The third kappa shape index (κ3) is 3.63. The zero-order valence-corrected chi connectivity index (χ0v) is 10.0. The molecule has 1 aromatic heterocycles. The van der Waals surface area contributed by atoms with Gasteiger partial charge in [0.15, 0.2) is 0 Å². The van der Waals surface area contributed by atoms with Crippen molar-refractivity contribution in [2.24, 2.45) is 0 Å². The van der Waals surface area contributed by atoms with Crippen molar-refractivity contribution in [1.82, 2.24) is 4.98 Å². The van der Waals surface area contributed by atoms with Gasteiger partial charge in [-0.1, -0.05) is 13.8 Å². The lowest BCUT2D eigenvalue weighted by Crippen LogP contribution is -1.95. The Hall–Kier alpha value is -0.900. The molecule has 84 valence electrons. The molecule has 0 radical (unpaired) electrons. The van der Waals surface area contributed by atoms with Crippen LogP contribution in [-0.4, -0.2) is 16.1 Å². The summed E-state index contributed by atoms with van der Waals surface area (Å²) in [5.41, 5.74) is 0. The molecule has 1 aromatic rings. The van der Waals surface area contributed by atoms with Crippen molar-refractivity contribution in [3.8, 4) is 0 Å². The van der Waals surface area contributed by atoms with Crippen LogP contribution in [-0.2, 0) is 11.2 Å². The molecule has 3 nitrogen and oxygen atoms in total. The molecular weight excluding hydrogens is 210 g/mol. The van der Waals surface area contributed by atoms with Crippen molar-refractivity contribution >= 4 is 17.3 Å². The van der Waals surface area contributed by atoms with Crippen LogP contribution in [0.2, 0.25) is 0 Å². The molecule has 0 aliphatic heterocycles. The third-order valence-electron chi connectivity index (χ3n) is 2.49. The first-order valence-corrected chi connectivity index (χ1v) is 6.15. The maximum absolute atomic E-state index is 10.4. The molecule has 0 bridgehead atoms. The average molecular weight is 227 g/mol. The fraction of sp³-hybridized carbons (Fsp3) is 0.636. The van der Waals surface area contributed by atoms with E-state index in [2.05, 4.69) is 18.8 Å². The van der Waals surface area contributed by atoms with Gasteiger partial charge >= 0.3 is 5.97 Å². The van der Waals surface area contributed by atoms with Crippen LogP contribution in [0.15, 0.2) is 6.20 Å². The predicted octanol–water partition coefficient (Wildman–Crippen LogP) is 3.06. The molecule has 0 aliphatic rings. The molecule has 0 spiro atoms. The zero-order chi connectivity index (χ0) is 11.3. The molecule has 0 saturated carbocycles. The van der Waals surface area contributed by atoms with Crippen molar-refractivity contribution in [2.75, 3.05) is 0 Å². The fourth-order valence-electron chi connectivity index (χ4n) is 1.50. The standard InChI is InChI=1S/C11H17NO2S/c1-3-8(4-2)11-12-7-9(15-11)5-6-10(13)14/h7-8H,3-6H2,1-2H3,(H,13,14). The number of aryl methyl sites for hydroxylation is 1. The summed E-state index contributed by atoms with van der Waals surface area (Å²) in [6.07, 6.45) is 4.82. The Labute approximate surface area is 94.2 Å². The molecule has 1 heterocycles. The number of thiazole rings is 1. The monoisotopic (exact) mass is 227 g/mol. The number of aromatic nitrogens is 1. The third-order valence-corrected chi connectivity index (χ3v) is 3.71. The van der Waals surface area contributed by atoms with Crippen molar-refractivity contribution in [2.45, 2.75) is 45.4 Å². The summed E-state index contributed by atoms with van der Waals surface area (Å²) >= 11 is 1.66. The van der Waals surface area contributed by atoms with E-state index in [4.69, 9.17) is 5.11 Å². The molecular formula is C11H17NO2S. The quantitative estimate of drug-likeness (QED) is 0.812. The number of carboxylic acid groups (broad SMARTS) is 1. The molecule has 1 rings (SSSR count). The van der Waals surface area contributed by atoms with Crippen LogP contribution in [0.25, 0.3) is 0 Å². The molecule has 15 heavy (non-hydrogen) atoms. The van der Waals surface area contributed by atoms with Gasteiger partial charge in [-0.2, -0.15) is 0 Å². The highest BCUT2D eigenvalue weighted by molar-refractivity contribution is 7.11. The van der Waals surface area contributed by atoms with Crippen LogP contribution in [0, 0.1) is 0 Å². The molecule has 0 fully saturated rings. The summed E-state index contributed by atoms with van der Waals surface area (Å²) in [6.45, 7) is 4.32. The molecule has 4 heteroatoms. The summed E-state index contributed by atoms with van der Waals surface area (Å²) in [6, 6.07) is 0. The minimum Gasteiger partial charge on any atom is -0.481 e. The number of aliphatic carboxylic acids is 1. The van der Waals surface area contributed by atoms with Crippen LogP contribution in [0.5, 0.6) is 0 Å². The Morgan fingerprint density at radius 3 is 2.73 bits per heavy atom. The topological polar surface area (TPSA) is 50.2 Å². The van der Waals surface area contributed by atoms with Gasteiger partial charge in [0.05, 0.1) is 11.4 Å². The van der Waals surface area contributed by atoms with E-state index >= 15 is 0 Å². The van der Waals surface area contributed by atoms with Gasteiger partial charge in [0.1, 0.15) is 0 Å². The normalized spacial score (nSPS) is 10.9. The Morgan fingerprint density at radius 1 is 1.53 bits per heavy atom. The minimum atomic E-state index is -0.743. The van der Waals surface area contributed by atoms with Crippen molar-refractivity contribution in [3.05, 3.63) is 16.1 Å².